The predicted octanol–water partition coefficient (Wildman–Crippen LogP) is 3.11. The number of rotatable bonds is 10. The predicted molar refractivity (Wildman–Crippen MR) is 122 cm³/mol. The van der Waals surface area contributed by atoms with Gasteiger partial charge >= 0.3 is 5.97 Å². The van der Waals surface area contributed by atoms with Crippen molar-refractivity contribution in [2.75, 3.05) is 25.1 Å². The van der Waals surface area contributed by atoms with Gasteiger partial charge in [-0.05, 0) is 61.7 Å². The maximum atomic E-state index is 12.9. The van der Waals surface area contributed by atoms with Gasteiger partial charge in [0.05, 0.1) is 23.0 Å². The van der Waals surface area contributed by atoms with E-state index in [1.807, 2.05) is 0 Å². The van der Waals surface area contributed by atoms with Crippen molar-refractivity contribution in [3.8, 4) is 0 Å². The van der Waals surface area contributed by atoms with Gasteiger partial charge in [-0.1, -0.05) is 17.7 Å². The highest BCUT2D eigenvalue weighted by molar-refractivity contribution is 7.89. The first-order valence-electron chi connectivity index (χ1n) is 10.4. The number of hydrogen-bond acceptors (Lipinski definition) is 6. The summed E-state index contributed by atoms with van der Waals surface area (Å²) in [5, 5.41) is 12.2. The van der Waals surface area contributed by atoms with Crippen molar-refractivity contribution in [3.05, 3.63) is 59.1 Å². The molecule has 3 N–H and O–H groups in total. The molecule has 0 radical (unpaired) electrons. The van der Waals surface area contributed by atoms with Crippen LogP contribution in [-0.4, -0.2) is 51.4 Å². The van der Waals surface area contributed by atoms with Gasteiger partial charge < -0.3 is 19.9 Å². The van der Waals surface area contributed by atoms with Crippen LogP contribution in [-0.2, 0) is 24.3 Å². The Balaban J connectivity index is 1.70. The van der Waals surface area contributed by atoms with Crippen LogP contribution >= 0.6 is 11.6 Å². The first kappa shape index (κ1) is 25.1. The SMILES string of the molecule is O=C(O)c1cccc(NC(=O)C(CNS(=O)(=O)c2ccc(Cl)cc2)COC2CCCCO2)c1. The highest BCUT2D eigenvalue weighted by Crippen LogP contribution is 2.18. The number of nitrogens with one attached hydrogen (secondary N) is 2. The monoisotopic (exact) mass is 496 g/mol. The molecule has 1 heterocycles. The molecule has 1 aliphatic rings. The summed E-state index contributed by atoms with van der Waals surface area (Å²) in [5.41, 5.74) is 0.291. The third kappa shape index (κ3) is 7.51. The number of benzene rings is 2. The second-order valence-electron chi connectivity index (χ2n) is 7.51. The Morgan fingerprint density at radius 1 is 1.18 bits per heavy atom. The molecule has 0 bridgehead atoms. The standard InChI is InChI=1S/C22H25ClN2O7S/c23-17-7-9-19(10-8-17)33(29,30)24-13-16(14-32-20-6-1-2-11-31-20)21(26)25-18-5-3-4-15(12-18)22(27)28/h3-5,7-10,12,16,20,24H,1-2,6,11,13-14H2,(H,25,26)(H,27,28). The highest BCUT2D eigenvalue weighted by Gasteiger charge is 2.25. The van der Waals surface area contributed by atoms with Gasteiger partial charge in [0.2, 0.25) is 15.9 Å². The van der Waals surface area contributed by atoms with Crippen LogP contribution in [0.1, 0.15) is 29.6 Å². The molecule has 2 aromatic carbocycles. The number of aromatic carboxylic acids is 1. The summed E-state index contributed by atoms with van der Waals surface area (Å²) in [6, 6.07) is 11.4. The second-order valence-corrected chi connectivity index (χ2v) is 9.71. The lowest BCUT2D eigenvalue weighted by Crippen LogP contribution is -2.39. The Morgan fingerprint density at radius 3 is 2.61 bits per heavy atom. The lowest BCUT2D eigenvalue weighted by atomic mass is 10.1. The Hall–Kier alpha value is -2.50. The Bertz CT molecular complexity index is 1070. The molecule has 178 valence electrons. The normalized spacial score (nSPS) is 17.3. The number of hydrogen-bond donors (Lipinski definition) is 3. The van der Waals surface area contributed by atoms with E-state index < -0.39 is 34.1 Å². The zero-order chi connectivity index (χ0) is 23.8. The second kappa shape index (κ2) is 11.6. The largest absolute Gasteiger partial charge is 0.478 e. The number of halogens is 1. The lowest BCUT2D eigenvalue weighted by Gasteiger charge is -2.25. The minimum absolute atomic E-state index is 0.0109. The number of ether oxygens (including phenoxy) is 2. The van der Waals surface area contributed by atoms with Crippen molar-refractivity contribution >= 4 is 39.2 Å². The summed E-state index contributed by atoms with van der Waals surface area (Å²) in [4.78, 5) is 24.1. The smallest absolute Gasteiger partial charge is 0.335 e. The van der Waals surface area contributed by atoms with Crippen molar-refractivity contribution in [1.29, 1.82) is 0 Å². The van der Waals surface area contributed by atoms with Crippen molar-refractivity contribution < 1.29 is 32.6 Å². The molecule has 2 aromatic rings. The number of sulfonamides is 1. The molecular weight excluding hydrogens is 472 g/mol. The van der Waals surface area contributed by atoms with Gasteiger partial charge in [0, 0.05) is 23.9 Å². The van der Waals surface area contributed by atoms with Crippen LogP contribution in [0.25, 0.3) is 0 Å². The van der Waals surface area contributed by atoms with E-state index in [2.05, 4.69) is 10.0 Å². The third-order valence-electron chi connectivity index (χ3n) is 5.01. The third-order valence-corrected chi connectivity index (χ3v) is 6.70. The zero-order valence-corrected chi connectivity index (χ0v) is 19.3. The molecule has 0 aromatic heterocycles. The molecule has 0 saturated carbocycles. The molecular formula is C22H25ClN2O7S. The van der Waals surface area contributed by atoms with Crippen LogP contribution in [0.15, 0.2) is 53.4 Å². The van der Waals surface area contributed by atoms with Gasteiger partial charge in [0.15, 0.2) is 6.29 Å². The Labute approximate surface area is 197 Å². The molecule has 0 spiro atoms. The van der Waals surface area contributed by atoms with Crippen LogP contribution in [0.4, 0.5) is 5.69 Å². The lowest BCUT2D eigenvalue weighted by molar-refractivity contribution is -0.170. The van der Waals surface area contributed by atoms with Gasteiger partial charge in [0.25, 0.3) is 0 Å². The first-order valence-corrected chi connectivity index (χ1v) is 12.2. The molecule has 0 aliphatic carbocycles. The van der Waals surface area contributed by atoms with Gasteiger partial charge in [-0.15, -0.1) is 0 Å². The Kier molecular flexibility index (Phi) is 8.81. The summed E-state index contributed by atoms with van der Waals surface area (Å²) in [6.45, 7) is 0.243. The number of carboxylic acid groups (broad SMARTS) is 1. The molecule has 33 heavy (non-hydrogen) atoms. The summed E-state index contributed by atoms with van der Waals surface area (Å²) in [7, 11) is -3.89. The Morgan fingerprint density at radius 2 is 1.94 bits per heavy atom. The average Bonchev–Trinajstić information content (AvgIpc) is 2.80. The average molecular weight is 497 g/mol. The van der Waals surface area contributed by atoms with Crippen molar-refractivity contribution in [1.82, 2.24) is 4.72 Å². The highest BCUT2D eigenvalue weighted by atomic mass is 35.5. The maximum Gasteiger partial charge on any atom is 0.335 e. The van der Waals surface area contributed by atoms with E-state index >= 15 is 0 Å². The number of anilines is 1. The number of carbonyl (C=O) groups excluding carboxylic acids is 1. The quantitative estimate of drug-likeness (QED) is 0.460. The molecule has 1 amide bonds. The van der Waals surface area contributed by atoms with E-state index in [1.54, 1.807) is 6.07 Å². The molecule has 1 aliphatic heterocycles. The summed E-state index contributed by atoms with van der Waals surface area (Å²) >= 11 is 5.82. The number of carboxylic acids is 1. The van der Waals surface area contributed by atoms with E-state index in [1.165, 1.54) is 42.5 Å². The number of amides is 1. The van der Waals surface area contributed by atoms with Crippen LogP contribution < -0.4 is 10.0 Å². The minimum Gasteiger partial charge on any atom is -0.478 e. The fraction of sp³-hybridized carbons (Fsp3) is 0.364. The molecule has 1 fully saturated rings. The molecule has 3 rings (SSSR count). The van der Waals surface area contributed by atoms with Crippen LogP contribution in [0.3, 0.4) is 0 Å². The van der Waals surface area contributed by atoms with Gasteiger partial charge in [-0.2, -0.15) is 0 Å². The van der Waals surface area contributed by atoms with Crippen LogP contribution in [0, 0.1) is 5.92 Å². The summed E-state index contributed by atoms with van der Waals surface area (Å²) < 4.78 is 39.0. The van der Waals surface area contributed by atoms with E-state index in [0.717, 1.165) is 12.8 Å². The van der Waals surface area contributed by atoms with E-state index in [9.17, 15) is 18.0 Å². The van der Waals surface area contributed by atoms with Gasteiger partial charge in [0.1, 0.15) is 0 Å². The molecule has 11 heteroatoms. The van der Waals surface area contributed by atoms with Crippen LogP contribution in [0.5, 0.6) is 0 Å². The molecule has 2 unspecified atom stereocenters. The van der Waals surface area contributed by atoms with Crippen molar-refractivity contribution in [3.63, 3.8) is 0 Å². The molecule has 9 nitrogen and oxygen atoms in total. The molecule has 2 atom stereocenters. The van der Waals surface area contributed by atoms with Gasteiger partial charge in [-0.3, -0.25) is 4.79 Å². The van der Waals surface area contributed by atoms with E-state index in [-0.39, 0.29) is 29.3 Å². The minimum atomic E-state index is -3.89. The van der Waals surface area contributed by atoms with Crippen molar-refractivity contribution in [2.24, 2.45) is 5.92 Å². The summed E-state index contributed by atoms with van der Waals surface area (Å²) in [5.74, 6) is -2.55. The van der Waals surface area contributed by atoms with E-state index in [4.69, 9.17) is 26.2 Å². The van der Waals surface area contributed by atoms with Gasteiger partial charge in [-0.25, -0.2) is 17.9 Å². The molecule has 1 saturated heterocycles. The maximum absolute atomic E-state index is 12.9. The summed E-state index contributed by atoms with van der Waals surface area (Å²) in [6.07, 6.45) is 2.10. The fourth-order valence-corrected chi connectivity index (χ4v) is 4.38. The van der Waals surface area contributed by atoms with E-state index in [0.29, 0.717) is 18.1 Å². The van der Waals surface area contributed by atoms with Crippen LogP contribution in [0.2, 0.25) is 5.02 Å². The van der Waals surface area contributed by atoms with Crippen molar-refractivity contribution in [2.45, 2.75) is 30.4 Å². The zero-order valence-electron chi connectivity index (χ0n) is 17.7. The number of carbonyl (C=O) groups is 2. The topological polar surface area (TPSA) is 131 Å². The fourth-order valence-electron chi connectivity index (χ4n) is 3.18. The first-order chi connectivity index (χ1) is 15.7.